The molecule has 0 aliphatic rings. The van der Waals surface area contributed by atoms with Gasteiger partial charge in [0.2, 0.25) is 0 Å². The molecule has 5 nitrogen and oxygen atoms in total. The smallest absolute Gasteiger partial charge is 0.170 e. The van der Waals surface area contributed by atoms with Crippen molar-refractivity contribution >= 4 is 23.0 Å². The quantitative estimate of drug-likeness (QED) is 0.683. The topological polar surface area (TPSA) is 51.8 Å². The third kappa shape index (κ3) is 5.52. The van der Waals surface area contributed by atoms with Crippen LogP contribution in [0.3, 0.4) is 0 Å². The number of benzene rings is 2. The number of anilines is 1. The van der Waals surface area contributed by atoms with Gasteiger partial charge in [0, 0.05) is 12.2 Å². The van der Waals surface area contributed by atoms with Gasteiger partial charge in [-0.2, -0.15) is 0 Å². The van der Waals surface area contributed by atoms with Gasteiger partial charge in [-0.1, -0.05) is 6.07 Å². The maximum absolute atomic E-state index is 5.54. The van der Waals surface area contributed by atoms with Crippen molar-refractivity contribution in [3.63, 3.8) is 0 Å². The zero-order valence-corrected chi connectivity index (χ0v) is 16.5. The number of hydrogen-bond donors (Lipinski definition) is 2. The predicted molar refractivity (Wildman–Crippen MR) is 110 cm³/mol. The Kier molecular flexibility index (Phi) is 7.53. The molecule has 0 spiro atoms. The highest BCUT2D eigenvalue weighted by Gasteiger charge is 2.06. The van der Waals surface area contributed by atoms with Crippen LogP contribution in [0.4, 0.5) is 5.69 Å². The van der Waals surface area contributed by atoms with E-state index in [2.05, 4.69) is 10.6 Å². The van der Waals surface area contributed by atoms with Gasteiger partial charge in [0.15, 0.2) is 16.6 Å². The molecule has 0 radical (unpaired) electrons. The summed E-state index contributed by atoms with van der Waals surface area (Å²) in [7, 11) is 3.31. The number of ether oxygens (including phenoxy) is 3. The summed E-state index contributed by atoms with van der Waals surface area (Å²) >= 11 is 5.38. The molecule has 2 N–H and O–H groups in total. The first-order valence-corrected chi connectivity index (χ1v) is 8.97. The van der Waals surface area contributed by atoms with E-state index in [-0.39, 0.29) is 0 Å². The van der Waals surface area contributed by atoms with E-state index in [1.54, 1.807) is 14.2 Å². The highest BCUT2D eigenvalue weighted by molar-refractivity contribution is 7.80. The highest BCUT2D eigenvalue weighted by atomic mass is 32.1. The Balaban J connectivity index is 1.86. The minimum atomic E-state index is 0.594. The van der Waals surface area contributed by atoms with E-state index < -0.39 is 0 Å². The zero-order valence-electron chi connectivity index (χ0n) is 15.7. The van der Waals surface area contributed by atoms with Crippen LogP contribution in [0.1, 0.15) is 18.1 Å². The van der Waals surface area contributed by atoms with Crippen LogP contribution >= 0.6 is 12.2 Å². The standard InChI is InChI=1S/C20H26N2O3S/c1-5-25-18-9-6-15(13-19(18)24-4)10-11-21-20(26)22-17-8-7-16(23-3)12-14(17)2/h6-9,12-13H,5,10-11H2,1-4H3,(H2,21,22,26). The van der Waals surface area contributed by atoms with Crippen molar-refractivity contribution in [1.82, 2.24) is 5.32 Å². The summed E-state index contributed by atoms with van der Waals surface area (Å²) in [5.41, 5.74) is 3.19. The summed E-state index contributed by atoms with van der Waals surface area (Å²) in [6.45, 7) is 5.30. The maximum atomic E-state index is 5.54. The summed E-state index contributed by atoms with van der Waals surface area (Å²) in [5, 5.41) is 7.04. The lowest BCUT2D eigenvalue weighted by molar-refractivity contribution is 0.310. The van der Waals surface area contributed by atoms with Gasteiger partial charge in [-0.25, -0.2) is 0 Å². The largest absolute Gasteiger partial charge is 0.497 e. The van der Waals surface area contributed by atoms with Gasteiger partial charge in [0.05, 0.1) is 20.8 Å². The number of nitrogens with one attached hydrogen (secondary N) is 2. The molecule has 26 heavy (non-hydrogen) atoms. The number of rotatable bonds is 8. The molecule has 2 rings (SSSR count). The summed E-state index contributed by atoms with van der Waals surface area (Å²) in [5.74, 6) is 2.34. The predicted octanol–water partition coefficient (Wildman–Crippen LogP) is 3.94. The van der Waals surface area contributed by atoms with E-state index in [1.807, 2.05) is 50.2 Å². The van der Waals surface area contributed by atoms with E-state index in [9.17, 15) is 0 Å². The molecule has 0 saturated heterocycles. The lowest BCUT2D eigenvalue weighted by Gasteiger charge is -2.14. The Morgan fingerprint density at radius 2 is 1.85 bits per heavy atom. The van der Waals surface area contributed by atoms with Crippen LogP contribution < -0.4 is 24.8 Å². The van der Waals surface area contributed by atoms with Gasteiger partial charge >= 0.3 is 0 Å². The third-order valence-electron chi connectivity index (χ3n) is 3.91. The van der Waals surface area contributed by atoms with E-state index in [4.69, 9.17) is 26.4 Å². The summed E-state index contributed by atoms with van der Waals surface area (Å²) in [4.78, 5) is 0. The van der Waals surface area contributed by atoms with Gasteiger partial charge < -0.3 is 24.8 Å². The van der Waals surface area contributed by atoms with Crippen molar-refractivity contribution in [3.05, 3.63) is 47.5 Å². The first kappa shape index (κ1) is 19.8. The number of thiocarbonyl (C=S) groups is 1. The Morgan fingerprint density at radius 3 is 2.50 bits per heavy atom. The zero-order chi connectivity index (χ0) is 18.9. The second-order valence-corrected chi connectivity index (χ2v) is 6.14. The normalized spacial score (nSPS) is 10.2. The van der Waals surface area contributed by atoms with Gasteiger partial charge in [-0.05, 0) is 73.9 Å². The van der Waals surface area contributed by atoms with Crippen LogP contribution in [0, 0.1) is 6.92 Å². The van der Waals surface area contributed by atoms with Crippen LogP contribution in [0.25, 0.3) is 0 Å². The van der Waals surface area contributed by atoms with E-state index in [0.29, 0.717) is 11.7 Å². The molecule has 2 aromatic carbocycles. The summed E-state index contributed by atoms with van der Waals surface area (Å²) in [6, 6.07) is 11.8. The monoisotopic (exact) mass is 374 g/mol. The summed E-state index contributed by atoms with van der Waals surface area (Å²) in [6.07, 6.45) is 0.826. The lowest BCUT2D eigenvalue weighted by Crippen LogP contribution is -2.30. The van der Waals surface area contributed by atoms with E-state index in [1.165, 1.54) is 0 Å². The van der Waals surface area contributed by atoms with Crippen molar-refractivity contribution < 1.29 is 14.2 Å². The molecular weight excluding hydrogens is 348 g/mol. The van der Waals surface area contributed by atoms with Crippen molar-refractivity contribution in [2.45, 2.75) is 20.3 Å². The molecular formula is C20H26N2O3S. The average Bonchev–Trinajstić information content (AvgIpc) is 2.64. The van der Waals surface area contributed by atoms with Crippen molar-refractivity contribution in [2.75, 3.05) is 32.7 Å². The third-order valence-corrected chi connectivity index (χ3v) is 4.16. The van der Waals surface area contributed by atoms with Crippen molar-refractivity contribution in [1.29, 1.82) is 0 Å². The second kappa shape index (κ2) is 9.87. The van der Waals surface area contributed by atoms with E-state index >= 15 is 0 Å². The lowest BCUT2D eigenvalue weighted by atomic mass is 10.1. The molecule has 0 fully saturated rings. The van der Waals surface area contributed by atoms with Crippen LogP contribution in [-0.4, -0.2) is 32.5 Å². The van der Waals surface area contributed by atoms with Gasteiger partial charge in [0.25, 0.3) is 0 Å². The molecule has 0 atom stereocenters. The first-order valence-electron chi connectivity index (χ1n) is 8.56. The number of aryl methyl sites for hydroxylation is 1. The molecule has 0 amide bonds. The maximum Gasteiger partial charge on any atom is 0.170 e. The van der Waals surface area contributed by atoms with Crippen molar-refractivity contribution in [2.24, 2.45) is 0 Å². The van der Waals surface area contributed by atoms with Crippen LogP contribution in [-0.2, 0) is 6.42 Å². The van der Waals surface area contributed by atoms with Crippen LogP contribution in [0.15, 0.2) is 36.4 Å². The first-order chi connectivity index (χ1) is 12.6. The van der Waals surface area contributed by atoms with E-state index in [0.717, 1.165) is 47.0 Å². The van der Waals surface area contributed by atoms with Gasteiger partial charge in [-0.15, -0.1) is 0 Å². The Hall–Kier alpha value is -2.47. The number of methoxy groups -OCH3 is 2. The minimum absolute atomic E-state index is 0.594. The fourth-order valence-electron chi connectivity index (χ4n) is 2.53. The SMILES string of the molecule is CCOc1ccc(CCNC(=S)Nc2ccc(OC)cc2C)cc1OC. The fourth-order valence-corrected chi connectivity index (χ4v) is 2.74. The second-order valence-electron chi connectivity index (χ2n) is 5.73. The van der Waals surface area contributed by atoms with Crippen LogP contribution in [0.2, 0.25) is 0 Å². The molecule has 0 heterocycles. The fraction of sp³-hybridized carbons (Fsp3) is 0.350. The van der Waals surface area contributed by atoms with Gasteiger partial charge in [-0.3, -0.25) is 0 Å². The van der Waals surface area contributed by atoms with Crippen molar-refractivity contribution in [3.8, 4) is 17.2 Å². The Labute approximate surface area is 160 Å². The van der Waals surface area contributed by atoms with Crippen LogP contribution in [0.5, 0.6) is 17.2 Å². The summed E-state index contributed by atoms with van der Waals surface area (Å²) < 4.78 is 16.1. The Morgan fingerprint density at radius 1 is 1.04 bits per heavy atom. The highest BCUT2D eigenvalue weighted by Crippen LogP contribution is 2.28. The number of hydrogen-bond acceptors (Lipinski definition) is 4. The van der Waals surface area contributed by atoms with Gasteiger partial charge in [0.1, 0.15) is 5.75 Å². The molecule has 2 aromatic rings. The average molecular weight is 375 g/mol. The molecule has 0 aromatic heterocycles. The molecule has 140 valence electrons. The molecule has 0 aliphatic carbocycles. The molecule has 0 saturated carbocycles. The molecule has 0 unspecified atom stereocenters. The molecule has 0 aliphatic heterocycles. The Bertz CT molecular complexity index is 750. The minimum Gasteiger partial charge on any atom is -0.497 e. The molecule has 0 bridgehead atoms. The molecule has 6 heteroatoms.